The van der Waals surface area contributed by atoms with Crippen LogP contribution < -0.4 is 85.5 Å². The molecule has 16 aromatic rings. The average Bonchev–Trinajstić information content (AvgIpc) is 0.736. The van der Waals surface area contributed by atoms with E-state index in [1.807, 2.05) is 0 Å². The van der Waals surface area contributed by atoms with Crippen LogP contribution in [-0.4, -0.2) is 81.1 Å². The third kappa shape index (κ3) is 47.9. The van der Waals surface area contributed by atoms with Gasteiger partial charge < -0.3 is 0 Å². The number of hydrogen-bond donors (Lipinski definition) is 0. The summed E-state index contributed by atoms with van der Waals surface area (Å²) in [5.74, 6) is 0. The summed E-state index contributed by atoms with van der Waals surface area (Å²) < 4.78 is 45.0. The molecule has 6 nitrogen and oxygen atoms in total. The maximum atomic E-state index is 7.50. The molecule has 0 heterocycles. The molecule has 1 radical (unpaired) electrons. The van der Waals surface area contributed by atoms with E-state index in [2.05, 4.69) is 525 Å². The van der Waals surface area contributed by atoms with Crippen molar-refractivity contribution in [1.82, 2.24) is 0 Å². The first-order valence-electron chi connectivity index (χ1n) is 41.6. The molecule has 0 fully saturated rings. The van der Waals surface area contributed by atoms with E-state index in [4.69, 9.17) is 74.3 Å². The molecule has 137 heavy (non-hydrogen) atoms. The molecule has 0 aliphatic heterocycles. The Labute approximate surface area is 947 Å². The van der Waals surface area contributed by atoms with Crippen LogP contribution in [0.25, 0.3) is 0 Å². The Kier molecular flexibility index (Phi) is 87.8. The van der Waals surface area contributed by atoms with Crippen LogP contribution in [0, 0.1) is 39.9 Å². The maximum absolute atomic E-state index is 7.50. The summed E-state index contributed by atoms with van der Waals surface area (Å²) in [5, 5.41) is 18.2. The molecule has 0 saturated carbocycles. The molecule has 24 heteroatoms. The quantitative estimate of drug-likeness (QED) is 0.0153. The molecule has 0 N–H and O–H groups in total. The minimum absolute atomic E-state index is 0. The van der Waals surface area contributed by atoms with Gasteiger partial charge >= 0.3 is 67.8 Å². The zero-order valence-electron chi connectivity index (χ0n) is 74.7. The molecular formula is C113H102BCl4O6P6Pt6Tl-. The Hall–Kier alpha value is -5.18. The normalized spacial score (nSPS) is 9.45. The predicted octanol–water partition coefficient (Wildman–Crippen LogP) is 22.2. The number of alkyl halides is 4. The fourth-order valence-corrected chi connectivity index (χ4v) is 29.9. The molecule has 0 bridgehead atoms. The molecule has 16 rings (SSSR count). The van der Waals surface area contributed by atoms with Gasteiger partial charge in [0, 0.05) is 154 Å². The van der Waals surface area contributed by atoms with E-state index in [0.717, 1.165) is 0 Å². The van der Waals surface area contributed by atoms with Crippen molar-refractivity contribution < 1.29 is 154 Å². The minimum Gasteiger partial charge on any atom is -0.195 e. The van der Waals surface area contributed by atoms with Gasteiger partial charge in [0.2, 0.25) is 0 Å². The summed E-state index contributed by atoms with van der Waals surface area (Å²) in [5.41, 5.74) is 5.36. The topological polar surface area (TPSA) is 119 Å². The molecule has 0 aliphatic rings. The SMILES string of the molecule is ClCCl.ClCCl.[C-]#[O+].[C-]#[O+].[C-]#[O+].[C-]#[O+].[C-]#[O+].[C-]#[O+].[Pt].[Pt].[Pt].[Pt].[Pt].[Pt].[Tl].c1ccc(P(CCCP(c2ccccc2)c2ccccc2)c2ccccc2)cc1.c1ccc(P(CCCP(c2ccccc2)c2ccccc2)c2ccccc2)cc1.c1ccc(P(CCCP(c2ccccc2)c2ccccc2)c2ccccc2)cc1.c1ccc([B-](c2ccccc2)(c2ccccc2)c2ccccc2)cc1. The molecule has 0 unspecified atom stereocenters. The third-order valence-corrected chi connectivity index (χ3v) is 35.9. The molecule has 0 atom stereocenters. The van der Waals surface area contributed by atoms with Gasteiger partial charge in [0.25, 0.3) is 0 Å². The Morgan fingerprint density at radius 2 is 0.226 bits per heavy atom. The molecule has 0 saturated heterocycles. The molecule has 0 aromatic heterocycles. The summed E-state index contributed by atoms with van der Waals surface area (Å²) in [6.45, 7) is 27.0. The van der Waals surface area contributed by atoms with E-state index < -0.39 is 6.15 Å². The third-order valence-electron chi connectivity index (χ3n) is 20.3. The van der Waals surface area contributed by atoms with Crippen LogP contribution in [0.5, 0.6) is 0 Å². The van der Waals surface area contributed by atoms with Crippen molar-refractivity contribution in [3.63, 3.8) is 0 Å². The summed E-state index contributed by atoms with van der Waals surface area (Å²) >= 11 is 19.1. The summed E-state index contributed by atoms with van der Waals surface area (Å²) in [7, 11) is -1.85. The second kappa shape index (κ2) is 88.5. The molecule has 0 amide bonds. The fraction of sp³-hybridized carbons (Fsp3) is 0.0973. The van der Waals surface area contributed by atoms with E-state index in [0.29, 0.717) is 0 Å². The Morgan fingerprint density at radius 1 is 0.153 bits per heavy atom. The fourth-order valence-electron chi connectivity index (χ4n) is 15.0. The van der Waals surface area contributed by atoms with Crippen molar-refractivity contribution in [1.29, 1.82) is 0 Å². The monoisotopic (exact) mass is 3270 g/mol. The largest absolute Gasteiger partial charge is 0.195 e. The van der Waals surface area contributed by atoms with Gasteiger partial charge in [-0.2, -0.15) is 21.9 Å². The van der Waals surface area contributed by atoms with Crippen molar-refractivity contribution in [2.45, 2.75) is 19.3 Å². The van der Waals surface area contributed by atoms with Crippen molar-refractivity contribution >= 4 is 213 Å². The van der Waals surface area contributed by atoms with Gasteiger partial charge in [-0.25, -0.2) is 0 Å². The standard InChI is InChI=1S/3C27H26P2.C24H20B.2CH2Cl2.6CO.6Pt.Tl/c3*1-5-14-24(15-6-1)28(25-16-7-2-8-17-25)22-13-23-29(26-18-9-3-10-19-26)27-20-11-4-12-21-27;1-5-13-21(14-6-1)25(22-15-7-2-8-16-22,23-17-9-3-10-18-23)24-19-11-4-12-20-24;2*2-1-3;6*1-2;;;;;;;/h3*1-12,14-21H,13,22-23H2;1-20H;2*1H2;;;;;;;;;;;;;/q;;;-1;;;;;;;;;;;;;;;. The first kappa shape index (κ1) is 136. The predicted molar refractivity (Wildman–Crippen MR) is 570 cm³/mol. The van der Waals surface area contributed by atoms with E-state index in [1.165, 1.54) is 142 Å². The zero-order chi connectivity index (χ0) is 93.5. The van der Waals surface area contributed by atoms with Gasteiger partial charge in [0.05, 0.1) is 10.7 Å². The van der Waals surface area contributed by atoms with Gasteiger partial charge in [0.15, 0.2) is 0 Å². The molecule has 0 spiro atoms. The van der Waals surface area contributed by atoms with Gasteiger partial charge in [-0.15, -0.1) is 46.4 Å². The van der Waals surface area contributed by atoms with E-state index in [1.54, 1.807) is 0 Å². The van der Waals surface area contributed by atoms with Gasteiger partial charge in [0.1, 0.15) is 6.15 Å². The van der Waals surface area contributed by atoms with Gasteiger partial charge in [-0.1, -0.05) is 485 Å². The van der Waals surface area contributed by atoms with Gasteiger partial charge in [-0.3, -0.25) is 0 Å². The van der Waals surface area contributed by atoms with Crippen LogP contribution in [0.1, 0.15) is 19.3 Å². The first-order chi connectivity index (χ1) is 64.5. The molecule has 0 aliphatic carbocycles. The zero-order valence-corrected chi connectivity index (χ0v) is 101. The molecule has 715 valence electrons. The Balaban J connectivity index is -0.00000163. The number of halogens is 4. The van der Waals surface area contributed by atoms with Crippen molar-refractivity contribution in [3.8, 4) is 0 Å². The van der Waals surface area contributed by atoms with E-state index in [-0.39, 0.29) is 212 Å². The molecular weight excluding hydrogens is 3170 g/mol. The van der Waals surface area contributed by atoms with Gasteiger partial charge in [-0.05, 0) is 167 Å². The Morgan fingerprint density at radius 3 is 0.307 bits per heavy atom. The number of rotatable bonds is 28. The number of benzene rings is 16. The van der Waals surface area contributed by atoms with Crippen LogP contribution in [0.3, 0.4) is 0 Å². The summed E-state index contributed by atoms with van der Waals surface area (Å²) in [6.07, 6.45) is 9.94. The smallest absolute Gasteiger partial charge is 0.108 e. The van der Waals surface area contributed by atoms with Crippen molar-refractivity contribution in [3.05, 3.63) is 525 Å². The van der Waals surface area contributed by atoms with Crippen LogP contribution in [-0.2, 0) is 154 Å². The average molecular weight is 3270 g/mol. The second-order valence-electron chi connectivity index (χ2n) is 27.7. The van der Waals surface area contributed by atoms with E-state index >= 15 is 0 Å². The minimum atomic E-state index is -1.22. The van der Waals surface area contributed by atoms with Crippen LogP contribution in [0.4, 0.5) is 0 Å². The van der Waals surface area contributed by atoms with Crippen molar-refractivity contribution in [2.75, 3.05) is 47.6 Å². The summed E-state index contributed by atoms with van der Waals surface area (Å²) in [4.78, 5) is 0. The Bertz CT molecular complexity index is 4540. The summed E-state index contributed by atoms with van der Waals surface area (Å²) in [6, 6.07) is 176. The first-order valence-corrected chi connectivity index (χ1v) is 52.9. The van der Waals surface area contributed by atoms with Crippen LogP contribution >= 0.6 is 93.9 Å². The number of hydrogen-bond acceptors (Lipinski definition) is 0. The maximum Gasteiger partial charge on any atom is 0.108 e. The van der Waals surface area contributed by atoms with Crippen LogP contribution in [0.15, 0.2) is 485 Å². The van der Waals surface area contributed by atoms with Crippen molar-refractivity contribution in [2.24, 2.45) is 0 Å². The molecule has 16 aromatic carbocycles. The second-order valence-corrected chi connectivity index (χ2v) is 43.3. The van der Waals surface area contributed by atoms with E-state index in [9.17, 15) is 0 Å². The van der Waals surface area contributed by atoms with Crippen LogP contribution in [0.2, 0.25) is 0 Å².